The van der Waals surface area contributed by atoms with Gasteiger partial charge < -0.3 is 14.2 Å². The molecule has 0 aromatic heterocycles. The minimum Gasteiger partial charge on any atom is -0.494 e. The first kappa shape index (κ1) is 23.5. The van der Waals surface area contributed by atoms with Crippen LogP contribution in [0.15, 0.2) is 61.2 Å². The monoisotopic (exact) mass is 410 g/mol. The number of carbonyl (C=O) groups excluding carboxylic acids is 1. The largest absolute Gasteiger partial charge is 0.494 e. The highest BCUT2D eigenvalue weighted by Gasteiger charge is 2.09. The number of unbranched alkanes of at least 4 members (excludes halogenated alkanes) is 2. The van der Waals surface area contributed by atoms with Gasteiger partial charge in [-0.3, -0.25) is 0 Å². The van der Waals surface area contributed by atoms with Crippen molar-refractivity contribution < 1.29 is 19.0 Å². The molecule has 162 valence electrons. The molecule has 2 aromatic carbocycles. The van der Waals surface area contributed by atoms with Gasteiger partial charge in [0.15, 0.2) is 0 Å². The van der Waals surface area contributed by atoms with Crippen LogP contribution in [0.2, 0.25) is 0 Å². The van der Waals surface area contributed by atoms with E-state index in [1.165, 1.54) is 12.8 Å². The summed E-state index contributed by atoms with van der Waals surface area (Å²) in [7, 11) is 0. The Labute approximate surface area is 180 Å². The lowest BCUT2D eigenvalue weighted by Crippen LogP contribution is -2.08. The maximum atomic E-state index is 12.3. The summed E-state index contributed by atoms with van der Waals surface area (Å²) >= 11 is 0. The summed E-state index contributed by atoms with van der Waals surface area (Å²) in [5, 5.41) is 0. The smallest absolute Gasteiger partial charge is 0.343 e. The Morgan fingerprint density at radius 3 is 2.07 bits per heavy atom. The zero-order valence-corrected chi connectivity index (χ0v) is 18.3. The summed E-state index contributed by atoms with van der Waals surface area (Å²) in [6.45, 7) is 9.53. The van der Waals surface area contributed by atoms with Crippen molar-refractivity contribution in [2.75, 3.05) is 13.2 Å². The Morgan fingerprint density at radius 2 is 1.47 bits per heavy atom. The fourth-order valence-electron chi connectivity index (χ4n) is 2.86. The van der Waals surface area contributed by atoms with Gasteiger partial charge in [0, 0.05) is 0 Å². The van der Waals surface area contributed by atoms with Gasteiger partial charge in [-0.2, -0.15) is 0 Å². The molecule has 0 heterocycles. The molecular weight excluding hydrogens is 376 g/mol. The van der Waals surface area contributed by atoms with Crippen molar-refractivity contribution in [3.63, 3.8) is 0 Å². The molecule has 0 amide bonds. The highest BCUT2D eigenvalue weighted by molar-refractivity contribution is 5.91. The van der Waals surface area contributed by atoms with Crippen LogP contribution in [0.1, 0.15) is 62.7 Å². The predicted octanol–water partition coefficient (Wildman–Crippen LogP) is 6.85. The molecule has 2 rings (SSSR count). The number of esters is 1. The third kappa shape index (κ3) is 8.73. The average Bonchev–Trinajstić information content (AvgIpc) is 2.78. The molecule has 0 fully saturated rings. The minimum absolute atomic E-state index is 0.392. The molecule has 0 saturated carbocycles. The second-order valence-corrected chi connectivity index (χ2v) is 7.52. The molecule has 0 unspecified atom stereocenters. The molecule has 0 aliphatic carbocycles. The number of hydrogen-bond acceptors (Lipinski definition) is 4. The van der Waals surface area contributed by atoms with Crippen molar-refractivity contribution in [3.8, 4) is 17.2 Å². The first-order chi connectivity index (χ1) is 14.6. The van der Waals surface area contributed by atoms with Crippen LogP contribution in [0.4, 0.5) is 0 Å². The van der Waals surface area contributed by atoms with Gasteiger partial charge in [-0.25, -0.2) is 4.79 Å². The Balaban J connectivity index is 1.75. The molecule has 4 heteroatoms. The Bertz CT molecular complexity index is 750. The van der Waals surface area contributed by atoms with E-state index in [2.05, 4.69) is 20.4 Å². The first-order valence-electron chi connectivity index (χ1n) is 10.9. The lowest BCUT2D eigenvalue weighted by molar-refractivity contribution is 0.0734. The summed E-state index contributed by atoms with van der Waals surface area (Å²) < 4.78 is 16.9. The molecule has 0 saturated heterocycles. The second-order valence-electron chi connectivity index (χ2n) is 7.52. The van der Waals surface area contributed by atoms with Crippen molar-refractivity contribution in [1.82, 2.24) is 0 Å². The number of allylic oxidation sites excluding steroid dienone is 1. The van der Waals surface area contributed by atoms with Gasteiger partial charge >= 0.3 is 5.97 Å². The highest BCUT2D eigenvalue weighted by atomic mass is 16.5. The molecule has 0 aliphatic heterocycles. The van der Waals surface area contributed by atoms with Gasteiger partial charge in [0.2, 0.25) is 0 Å². The third-order valence-electron chi connectivity index (χ3n) is 5.00. The van der Waals surface area contributed by atoms with E-state index in [0.717, 1.165) is 43.1 Å². The predicted molar refractivity (Wildman–Crippen MR) is 122 cm³/mol. The number of hydrogen-bond donors (Lipinski definition) is 0. The highest BCUT2D eigenvalue weighted by Crippen LogP contribution is 2.20. The molecule has 2 aromatic rings. The van der Waals surface area contributed by atoms with Crippen LogP contribution in [0.5, 0.6) is 17.2 Å². The lowest BCUT2D eigenvalue weighted by Gasteiger charge is -2.10. The fraction of sp³-hybridized carbons (Fsp3) is 0.423. The topological polar surface area (TPSA) is 44.8 Å². The van der Waals surface area contributed by atoms with Gasteiger partial charge in [0.1, 0.15) is 17.2 Å². The van der Waals surface area contributed by atoms with Crippen molar-refractivity contribution in [2.24, 2.45) is 5.92 Å². The van der Waals surface area contributed by atoms with Crippen LogP contribution in [-0.2, 0) is 0 Å². The fourth-order valence-corrected chi connectivity index (χ4v) is 2.86. The molecule has 0 radical (unpaired) electrons. The van der Waals surface area contributed by atoms with E-state index in [1.54, 1.807) is 24.3 Å². The van der Waals surface area contributed by atoms with Gasteiger partial charge in [-0.15, -0.1) is 6.58 Å². The lowest BCUT2D eigenvalue weighted by atomic mass is 10.0. The number of rotatable bonds is 14. The normalized spacial score (nSPS) is 11.5. The Morgan fingerprint density at radius 1 is 0.900 bits per heavy atom. The average molecular weight is 411 g/mol. The van der Waals surface area contributed by atoms with E-state index in [-0.39, 0.29) is 0 Å². The number of carbonyl (C=O) groups is 1. The van der Waals surface area contributed by atoms with E-state index >= 15 is 0 Å². The molecule has 1 atom stereocenters. The van der Waals surface area contributed by atoms with Crippen LogP contribution in [0.25, 0.3) is 0 Å². The van der Waals surface area contributed by atoms with E-state index in [4.69, 9.17) is 14.2 Å². The Hall–Kier alpha value is -2.75. The van der Waals surface area contributed by atoms with Crippen LogP contribution >= 0.6 is 0 Å². The van der Waals surface area contributed by atoms with Crippen LogP contribution < -0.4 is 14.2 Å². The minimum atomic E-state index is -0.392. The van der Waals surface area contributed by atoms with Gasteiger partial charge in [0.05, 0.1) is 18.8 Å². The molecule has 0 N–H and O–H groups in total. The van der Waals surface area contributed by atoms with Gasteiger partial charge in [0.25, 0.3) is 0 Å². The SMILES string of the molecule is C=CCCCCOc1ccc(OC(=O)c2ccc(OCCC[C@@H](C)CC)cc2)cc1. The maximum absolute atomic E-state index is 12.3. The molecule has 0 spiro atoms. The summed E-state index contributed by atoms with van der Waals surface area (Å²) in [5.74, 6) is 2.36. The summed E-state index contributed by atoms with van der Waals surface area (Å²) in [6.07, 6.45) is 8.37. The van der Waals surface area contributed by atoms with Gasteiger partial charge in [-0.1, -0.05) is 26.3 Å². The van der Waals surface area contributed by atoms with E-state index in [9.17, 15) is 4.79 Å². The molecule has 0 bridgehead atoms. The summed E-state index contributed by atoms with van der Waals surface area (Å²) in [6, 6.07) is 14.2. The van der Waals surface area contributed by atoms with E-state index in [0.29, 0.717) is 24.5 Å². The zero-order valence-electron chi connectivity index (χ0n) is 18.3. The Kier molecular flexibility index (Phi) is 10.6. The van der Waals surface area contributed by atoms with Crippen molar-refractivity contribution >= 4 is 5.97 Å². The summed E-state index contributed by atoms with van der Waals surface area (Å²) in [5.41, 5.74) is 0.490. The van der Waals surface area contributed by atoms with Crippen LogP contribution in [0, 0.1) is 5.92 Å². The third-order valence-corrected chi connectivity index (χ3v) is 5.00. The van der Waals surface area contributed by atoms with Crippen LogP contribution in [0.3, 0.4) is 0 Å². The first-order valence-corrected chi connectivity index (χ1v) is 10.9. The molecule has 0 aliphatic rings. The number of ether oxygens (including phenoxy) is 3. The molecule has 4 nitrogen and oxygen atoms in total. The van der Waals surface area contributed by atoms with Crippen molar-refractivity contribution in [2.45, 2.75) is 52.4 Å². The molecular formula is C26H34O4. The quantitative estimate of drug-likeness (QED) is 0.148. The van der Waals surface area contributed by atoms with Crippen molar-refractivity contribution in [1.29, 1.82) is 0 Å². The second kappa shape index (κ2) is 13.5. The summed E-state index contributed by atoms with van der Waals surface area (Å²) in [4.78, 5) is 12.3. The standard InChI is InChI=1S/C26H34O4/c1-4-6-7-8-19-28-24-15-17-25(18-16-24)30-26(27)22-11-13-23(14-12-22)29-20-9-10-21(3)5-2/h4,11-18,21H,1,5-10,19-20H2,2-3H3/t21-/m0/s1. The van der Waals surface area contributed by atoms with Gasteiger partial charge in [-0.05, 0) is 86.6 Å². The van der Waals surface area contributed by atoms with E-state index < -0.39 is 5.97 Å². The zero-order chi connectivity index (χ0) is 21.6. The van der Waals surface area contributed by atoms with Crippen molar-refractivity contribution in [3.05, 3.63) is 66.7 Å². The maximum Gasteiger partial charge on any atom is 0.343 e. The van der Waals surface area contributed by atoms with Crippen LogP contribution in [-0.4, -0.2) is 19.2 Å². The molecule has 30 heavy (non-hydrogen) atoms. The number of benzene rings is 2. The van der Waals surface area contributed by atoms with E-state index in [1.807, 2.05) is 30.3 Å².